The number of nitrogens with zero attached hydrogens (tertiary/aromatic N) is 2. The molecule has 3 aromatic rings. The molecule has 26 heavy (non-hydrogen) atoms. The summed E-state index contributed by atoms with van der Waals surface area (Å²) in [5.41, 5.74) is 9.19. The number of benzene rings is 1. The third-order valence-corrected chi connectivity index (χ3v) is 4.72. The predicted molar refractivity (Wildman–Crippen MR) is 101 cm³/mol. The van der Waals surface area contributed by atoms with Crippen molar-refractivity contribution in [1.82, 2.24) is 15.9 Å². The van der Waals surface area contributed by atoms with E-state index in [1.54, 1.807) is 30.6 Å². The number of hydrogen-bond acceptors (Lipinski definition) is 6. The topological polar surface area (TPSA) is 91.8 Å². The van der Waals surface area contributed by atoms with Crippen LogP contribution in [0.3, 0.4) is 0 Å². The SMILES string of the molecule is CC(C)(C)c1cc(Nc2ccc(C([NH])=O)cc2Sc2ccncc2)on1. The Morgan fingerprint density at radius 3 is 2.50 bits per heavy atom. The maximum atomic E-state index is 11.4. The van der Waals surface area contributed by atoms with Crippen molar-refractivity contribution in [3.05, 3.63) is 60.0 Å². The lowest BCUT2D eigenvalue weighted by atomic mass is 9.92. The number of hydrogen-bond donors (Lipinski definition) is 1. The molecule has 6 nitrogen and oxygen atoms in total. The molecule has 0 bridgehead atoms. The first-order chi connectivity index (χ1) is 12.3. The molecule has 0 unspecified atom stereocenters. The van der Waals surface area contributed by atoms with E-state index in [1.807, 2.05) is 18.2 Å². The minimum atomic E-state index is -0.720. The highest BCUT2D eigenvalue weighted by atomic mass is 32.2. The van der Waals surface area contributed by atoms with Crippen molar-refractivity contribution in [2.45, 2.75) is 36.0 Å². The molecule has 2 aromatic heterocycles. The summed E-state index contributed by atoms with van der Waals surface area (Å²) in [5.74, 6) is -0.195. The van der Waals surface area contributed by atoms with Gasteiger partial charge >= 0.3 is 0 Å². The Kier molecular flexibility index (Phi) is 4.99. The van der Waals surface area contributed by atoms with Gasteiger partial charge < -0.3 is 9.84 Å². The monoisotopic (exact) mass is 367 g/mol. The normalized spacial score (nSPS) is 11.3. The summed E-state index contributed by atoms with van der Waals surface area (Å²) in [6, 6.07) is 10.7. The number of aromatic nitrogens is 2. The first-order valence-electron chi connectivity index (χ1n) is 8.05. The Labute approximate surface area is 156 Å². The third-order valence-electron chi connectivity index (χ3n) is 3.66. The zero-order valence-electron chi connectivity index (χ0n) is 14.7. The average molecular weight is 367 g/mol. The highest BCUT2D eigenvalue weighted by Gasteiger charge is 2.19. The maximum absolute atomic E-state index is 11.4. The van der Waals surface area contributed by atoms with E-state index in [-0.39, 0.29) is 5.41 Å². The van der Waals surface area contributed by atoms with Crippen molar-refractivity contribution in [1.29, 1.82) is 0 Å². The van der Waals surface area contributed by atoms with Crippen LogP contribution in [-0.2, 0) is 5.41 Å². The number of carbonyl (C=O) groups is 1. The number of pyridine rings is 1. The molecule has 0 aliphatic heterocycles. The van der Waals surface area contributed by atoms with Gasteiger partial charge in [0.05, 0.1) is 11.4 Å². The minimum Gasteiger partial charge on any atom is -0.338 e. The lowest BCUT2D eigenvalue weighted by Gasteiger charge is -2.13. The second-order valence-electron chi connectivity index (χ2n) is 6.78. The van der Waals surface area contributed by atoms with Gasteiger partial charge in [0.25, 0.3) is 5.91 Å². The molecule has 1 amide bonds. The lowest BCUT2D eigenvalue weighted by Crippen LogP contribution is -2.10. The van der Waals surface area contributed by atoms with E-state index in [9.17, 15) is 4.79 Å². The van der Waals surface area contributed by atoms with Gasteiger partial charge in [0.2, 0.25) is 5.88 Å². The zero-order chi connectivity index (χ0) is 18.7. The summed E-state index contributed by atoms with van der Waals surface area (Å²) in [7, 11) is 0. The van der Waals surface area contributed by atoms with Gasteiger partial charge in [-0.15, -0.1) is 0 Å². The predicted octanol–water partition coefficient (Wildman–Crippen LogP) is 4.69. The third kappa shape index (κ3) is 4.23. The summed E-state index contributed by atoms with van der Waals surface area (Å²) in [6.07, 6.45) is 3.42. The van der Waals surface area contributed by atoms with E-state index < -0.39 is 5.91 Å². The Hall–Kier alpha value is -2.80. The van der Waals surface area contributed by atoms with Crippen molar-refractivity contribution in [3.8, 4) is 0 Å². The van der Waals surface area contributed by atoms with Crippen LogP contribution in [0.1, 0.15) is 36.8 Å². The quantitative estimate of drug-likeness (QED) is 0.703. The van der Waals surface area contributed by atoms with Gasteiger partial charge in [0, 0.05) is 39.2 Å². The van der Waals surface area contributed by atoms with E-state index >= 15 is 0 Å². The van der Waals surface area contributed by atoms with Crippen LogP contribution in [0.15, 0.2) is 63.1 Å². The van der Waals surface area contributed by atoms with E-state index in [1.165, 1.54) is 11.8 Å². The number of amides is 1. The summed E-state index contributed by atoms with van der Waals surface area (Å²) in [5, 5.41) is 7.32. The van der Waals surface area contributed by atoms with Crippen molar-refractivity contribution < 1.29 is 9.32 Å². The van der Waals surface area contributed by atoms with Crippen LogP contribution < -0.4 is 11.1 Å². The van der Waals surface area contributed by atoms with Crippen LogP contribution in [0.5, 0.6) is 0 Å². The van der Waals surface area contributed by atoms with Crippen LogP contribution in [0, 0.1) is 0 Å². The standard InChI is InChI=1S/C19H19N4O2S/c1-19(2,3)16-11-17(25-23-16)22-14-5-4-12(18(20)24)10-15(14)26-13-6-8-21-9-7-13/h4-11,20,22H,1-3H3. The molecule has 7 heteroatoms. The van der Waals surface area contributed by atoms with Crippen molar-refractivity contribution >= 4 is 29.2 Å². The van der Waals surface area contributed by atoms with Gasteiger partial charge in [-0.2, -0.15) is 0 Å². The molecule has 0 aliphatic carbocycles. The van der Waals surface area contributed by atoms with Crippen molar-refractivity contribution in [2.75, 3.05) is 5.32 Å². The van der Waals surface area contributed by atoms with Gasteiger partial charge in [-0.25, -0.2) is 0 Å². The van der Waals surface area contributed by atoms with Gasteiger partial charge in [0.1, 0.15) is 0 Å². The number of carbonyl (C=O) groups excluding carboxylic acids is 1. The first-order valence-corrected chi connectivity index (χ1v) is 8.86. The van der Waals surface area contributed by atoms with Crippen LogP contribution >= 0.6 is 11.8 Å². The van der Waals surface area contributed by atoms with Crippen LogP contribution in [0.2, 0.25) is 0 Å². The van der Waals surface area contributed by atoms with Gasteiger partial charge in [0.15, 0.2) is 0 Å². The van der Waals surface area contributed by atoms with E-state index in [0.29, 0.717) is 11.4 Å². The fourth-order valence-corrected chi connectivity index (χ4v) is 3.13. The molecule has 0 saturated carbocycles. The van der Waals surface area contributed by atoms with E-state index in [4.69, 9.17) is 10.3 Å². The van der Waals surface area contributed by atoms with Gasteiger partial charge in [-0.05, 0) is 30.3 Å². The molecule has 1 aromatic carbocycles. The Morgan fingerprint density at radius 1 is 1.15 bits per heavy atom. The van der Waals surface area contributed by atoms with Crippen LogP contribution in [0.4, 0.5) is 11.6 Å². The second kappa shape index (κ2) is 7.21. The molecule has 0 saturated heterocycles. The average Bonchev–Trinajstić information content (AvgIpc) is 3.06. The van der Waals surface area contributed by atoms with E-state index in [0.717, 1.165) is 21.2 Å². The fraction of sp³-hybridized carbons (Fsp3) is 0.211. The minimum absolute atomic E-state index is 0.112. The summed E-state index contributed by atoms with van der Waals surface area (Å²) < 4.78 is 5.39. The zero-order valence-corrected chi connectivity index (χ0v) is 15.6. The Balaban J connectivity index is 1.92. The molecule has 3 rings (SSSR count). The Morgan fingerprint density at radius 2 is 1.88 bits per heavy atom. The highest BCUT2D eigenvalue weighted by Crippen LogP contribution is 2.36. The molecule has 2 N–H and O–H groups in total. The highest BCUT2D eigenvalue weighted by molar-refractivity contribution is 7.99. The molecule has 0 spiro atoms. The molecule has 2 heterocycles. The molecule has 1 radical (unpaired) electrons. The van der Waals surface area contributed by atoms with Gasteiger partial charge in [-0.3, -0.25) is 15.5 Å². The lowest BCUT2D eigenvalue weighted by molar-refractivity contribution is 0.0992. The molecule has 0 fully saturated rings. The summed E-state index contributed by atoms with van der Waals surface area (Å²) in [6.45, 7) is 6.19. The Bertz CT molecular complexity index is 917. The fourth-order valence-electron chi connectivity index (χ4n) is 2.20. The maximum Gasteiger partial charge on any atom is 0.269 e. The first kappa shape index (κ1) is 18.0. The number of anilines is 2. The summed E-state index contributed by atoms with van der Waals surface area (Å²) >= 11 is 1.48. The molecule has 0 atom stereocenters. The molecular weight excluding hydrogens is 348 g/mol. The summed E-state index contributed by atoms with van der Waals surface area (Å²) in [4.78, 5) is 17.2. The van der Waals surface area contributed by atoms with Gasteiger partial charge in [-0.1, -0.05) is 37.7 Å². The smallest absolute Gasteiger partial charge is 0.269 e. The molecular formula is C19H19N4O2S. The number of nitrogens with one attached hydrogen (secondary N) is 2. The molecule has 133 valence electrons. The number of rotatable bonds is 5. The van der Waals surface area contributed by atoms with Crippen molar-refractivity contribution in [3.63, 3.8) is 0 Å². The molecule has 0 aliphatic rings. The second-order valence-corrected chi connectivity index (χ2v) is 7.89. The van der Waals surface area contributed by atoms with Crippen molar-refractivity contribution in [2.24, 2.45) is 0 Å². The van der Waals surface area contributed by atoms with E-state index in [2.05, 4.69) is 36.2 Å². The van der Waals surface area contributed by atoms with Crippen LogP contribution in [-0.4, -0.2) is 16.0 Å². The van der Waals surface area contributed by atoms with Crippen LogP contribution in [0.25, 0.3) is 0 Å². The largest absolute Gasteiger partial charge is 0.338 e.